The van der Waals surface area contributed by atoms with Crippen molar-refractivity contribution in [1.82, 2.24) is 9.97 Å². The van der Waals surface area contributed by atoms with E-state index in [1.807, 2.05) is 24.0 Å². The van der Waals surface area contributed by atoms with Crippen molar-refractivity contribution in [2.24, 2.45) is 5.73 Å². The molecule has 3 rings (SSSR count). The second-order valence-electron chi connectivity index (χ2n) is 4.22. The van der Waals surface area contributed by atoms with Crippen molar-refractivity contribution in [2.45, 2.75) is 19.8 Å². The monoisotopic (exact) mass is 264 g/mol. The first kappa shape index (κ1) is 11.4. The summed E-state index contributed by atoms with van der Waals surface area (Å²) in [4.78, 5) is 9.27. The molecule has 1 atom stereocenters. The Morgan fingerprint density at radius 1 is 1.56 bits per heavy atom. The number of benzene rings is 1. The number of H-pyrrole nitrogens is 1. The second kappa shape index (κ2) is 4.19. The van der Waals surface area contributed by atoms with Crippen LogP contribution in [0.5, 0.6) is 5.75 Å². The molecule has 2 heterocycles. The summed E-state index contributed by atoms with van der Waals surface area (Å²) in [6, 6.07) is 5.51. The smallest absolute Gasteiger partial charge is 0.228 e. The molecule has 1 aliphatic rings. The zero-order valence-electron chi connectivity index (χ0n) is 9.85. The molecule has 0 aliphatic carbocycles. The van der Waals surface area contributed by atoms with Crippen LogP contribution in [0.4, 0.5) is 5.69 Å². The summed E-state index contributed by atoms with van der Waals surface area (Å²) in [5, 5.41) is 0.638. The number of hydrogen-bond acceptors (Lipinski definition) is 4. The first-order valence-electron chi connectivity index (χ1n) is 5.62. The molecule has 6 heteroatoms. The first-order valence-corrected chi connectivity index (χ1v) is 6.00. The third-order valence-corrected chi connectivity index (χ3v) is 3.28. The number of nitrogens with two attached hydrogens (primary N) is 1. The number of hydrogen-bond donors (Lipinski definition) is 2. The number of nitrogens with one attached hydrogen (secondary N) is 1. The molecule has 2 aromatic rings. The minimum absolute atomic E-state index is 0.505. The summed E-state index contributed by atoms with van der Waals surface area (Å²) in [6.45, 7) is 2.58. The Balaban J connectivity index is 1.92. The van der Waals surface area contributed by atoms with Crippen LogP contribution in [0.25, 0.3) is 0 Å². The molecule has 3 N–H and O–H groups in total. The largest absolute Gasteiger partial charge is 0.455 e. The van der Waals surface area contributed by atoms with E-state index in [9.17, 15) is 0 Å². The Kier molecular flexibility index (Phi) is 2.65. The quantitative estimate of drug-likeness (QED) is 0.871. The molecule has 0 saturated heterocycles. The number of halogens is 1. The van der Waals surface area contributed by atoms with E-state index in [4.69, 9.17) is 22.1 Å². The summed E-state index contributed by atoms with van der Waals surface area (Å²) in [7, 11) is 0. The number of aromatic amines is 1. The van der Waals surface area contributed by atoms with Crippen molar-refractivity contribution in [3.63, 3.8) is 0 Å². The van der Waals surface area contributed by atoms with Gasteiger partial charge >= 0.3 is 0 Å². The number of aromatic nitrogens is 2. The van der Waals surface area contributed by atoms with E-state index in [-0.39, 0.29) is 0 Å². The van der Waals surface area contributed by atoms with Gasteiger partial charge in [0, 0.05) is 16.8 Å². The summed E-state index contributed by atoms with van der Waals surface area (Å²) in [6.07, 6.45) is 1.17. The highest BCUT2D eigenvalue weighted by molar-refractivity contribution is 6.30. The number of aryl methyl sites for hydroxylation is 1. The van der Waals surface area contributed by atoms with Crippen LogP contribution < -0.4 is 15.4 Å². The predicted molar refractivity (Wildman–Crippen MR) is 69.6 cm³/mol. The third-order valence-electron chi connectivity index (χ3n) is 3.04. The maximum Gasteiger partial charge on any atom is 0.228 e. The SMILES string of the molecule is Cc1[nH]cnc1CN1c2ccc(Cl)cc2OC1N. The van der Waals surface area contributed by atoms with Gasteiger partial charge < -0.3 is 14.6 Å². The molecular formula is C12H13ClN4O. The lowest BCUT2D eigenvalue weighted by Gasteiger charge is -2.21. The van der Waals surface area contributed by atoms with Crippen molar-refractivity contribution in [2.75, 3.05) is 4.90 Å². The van der Waals surface area contributed by atoms with Gasteiger partial charge in [-0.2, -0.15) is 0 Å². The average molecular weight is 265 g/mol. The Morgan fingerprint density at radius 2 is 2.39 bits per heavy atom. The maximum atomic E-state index is 5.97. The highest BCUT2D eigenvalue weighted by atomic mass is 35.5. The Hall–Kier alpha value is -1.72. The van der Waals surface area contributed by atoms with Crippen molar-refractivity contribution < 1.29 is 4.74 Å². The lowest BCUT2D eigenvalue weighted by Crippen LogP contribution is -2.41. The van der Waals surface area contributed by atoms with Gasteiger partial charge in [-0.15, -0.1) is 0 Å². The van der Waals surface area contributed by atoms with Gasteiger partial charge in [0.2, 0.25) is 6.35 Å². The van der Waals surface area contributed by atoms with Crippen molar-refractivity contribution in [3.8, 4) is 5.75 Å². The van der Waals surface area contributed by atoms with Gasteiger partial charge in [0.1, 0.15) is 5.75 Å². The number of anilines is 1. The molecular weight excluding hydrogens is 252 g/mol. The molecule has 0 spiro atoms. The van der Waals surface area contributed by atoms with Gasteiger partial charge in [-0.05, 0) is 19.1 Å². The van der Waals surface area contributed by atoms with Crippen molar-refractivity contribution >= 4 is 17.3 Å². The fraction of sp³-hybridized carbons (Fsp3) is 0.250. The molecule has 1 aliphatic heterocycles. The van der Waals surface area contributed by atoms with Crippen LogP contribution in [-0.2, 0) is 6.54 Å². The minimum Gasteiger partial charge on any atom is -0.455 e. The molecule has 1 unspecified atom stereocenters. The number of imidazole rings is 1. The third kappa shape index (κ3) is 1.81. The van der Waals surface area contributed by atoms with Gasteiger partial charge in [0.05, 0.1) is 24.3 Å². The second-order valence-corrected chi connectivity index (χ2v) is 4.66. The highest BCUT2D eigenvalue weighted by Crippen LogP contribution is 2.38. The average Bonchev–Trinajstić information content (AvgIpc) is 2.85. The maximum absolute atomic E-state index is 5.97. The van der Waals surface area contributed by atoms with Crippen molar-refractivity contribution in [1.29, 1.82) is 0 Å². The van der Waals surface area contributed by atoms with Gasteiger partial charge in [0.15, 0.2) is 0 Å². The predicted octanol–water partition coefficient (Wildman–Crippen LogP) is 2.01. The van der Waals surface area contributed by atoms with E-state index >= 15 is 0 Å². The summed E-state index contributed by atoms with van der Waals surface area (Å²) in [5.41, 5.74) is 8.90. The standard InChI is InChI=1S/C12H13ClN4O/c1-7-9(16-6-15-7)5-17-10-3-2-8(13)4-11(10)18-12(17)14/h2-4,6,12H,5,14H2,1H3,(H,15,16). The fourth-order valence-corrected chi connectivity index (χ4v) is 2.20. The minimum atomic E-state index is -0.505. The van der Waals surface area contributed by atoms with Gasteiger partial charge in [0.25, 0.3) is 0 Å². The van der Waals surface area contributed by atoms with Crippen molar-refractivity contribution in [3.05, 3.63) is 40.9 Å². The molecule has 5 nitrogen and oxygen atoms in total. The highest BCUT2D eigenvalue weighted by Gasteiger charge is 2.28. The molecule has 1 aromatic heterocycles. The molecule has 0 saturated carbocycles. The number of nitrogens with zero attached hydrogens (tertiary/aromatic N) is 2. The topological polar surface area (TPSA) is 67.2 Å². The van der Waals surface area contributed by atoms with E-state index in [1.165, 1.54) is 0 Å². The van der Waals surface area contributed by atoms with E-state index in [0.29, 0.717) is 17.3 Å². The lowest BCUT2D eigenvalue weighted by molar-refractivity contribution is 0.230. The number of rotatable bonds is 2. The number of fused-ring (bicyclic) bond motifs is 1. The Labute approximate surface area is 110 Å². The summed E-state index contributed by atoms with van der Waals surface area (Å²) >= 11 is 5.93. The zero-order chi connectivity index (χ0) is 12.7. The molecule has 0 amide bonds. The fourth-order valence-electron chi connectivity index (χ4n) is 2.03. The summed E-state index contributed by atoms with van der Waals surface area (Å²) in [5.74, 6) is 0.711. The molecule has 0 bridgehead atoms. The molecule has 1 aromatic carbocycles. The van der Waals surface area contributed by atoms with Crippen LogP contribution in [-0.4, -0.2) is 16.3 Å². The van der Waals surface area contributed by atoms with Crippen LogP contribution >= 0.6 is 11.6 Å². The van der Waals surface area contributed by atoms with Gasteiger partial charge in [-0.1, -0.05) is 11.6 Å². The Morgan fingerprint density at radius 3 is 3.11 bits per heavy atom. The normalized spacial score (nSPS) is 17.7. The first-order chi connectivity index (χ1) is 8.65. The van der Waals surface area contributed by atoms with Crippen LogP contribution in [0.15, 0.2) is 24.5 Å². The van der Waals surface area contributed by atoms with Gasteiger partial charge in [-0.3, -0.25) is 5.73 Å². The molecule has 0 fully saturated rings. The molecule has 18 heavy (non-hydrogen) atoms. The molecule has 94 valence electrons. The van der Waals surface area contributed by atoms with Crippen LogP contribution in [0.3, 0.4) is 0 Å². The molecule has 0 radical (unpaired) electrons. The van der Waals surface area contributed by atoms with E-state index in [2.05, 4.69) is 9.97 Å². The lowest BCUT2D eigenvalue weighted by atomic mass is 10.2. The summed E-state index contributed by atoms with van der Waals surface area (Å²) < 4.78 is 5.57. The van der Waals surface area contributed by atoms with Crippen LogP contribution in [0, 0.1) is 6.92 Å². The Bertz CT molecular complexity index is 583. The van der Waals surface area contributed by atoms with E-state index in [0.717, 1.165) is 17.1 Å². The van der Waals surface area contributed by atoms with Crippen LogP contribution in [0.2, 0.25) is 5.02 Å². The van der Waals surface area contributed by atoms with Gasteiger partial charge in [-0.25, -0.2) is 4.98 Å². The van der Waals surface area contributed by atoms with E-state index in [1.54, 1.807) is 12.4 Å². The van der Waals surface area contributed by atoms with Crippen LogP contribution in [0.1, 0.15) is 11.4 Å². The number of ether oxygens (including phenoxy) is 1. The van der Waals surface area contributed by atoms with E-state index < -0.39 is 6.35 Å². The zero-order valence-corrected chi connectivity index (χ0v) is 10.6.